The van der Waals surface area contributed by atoms with Gasteiger partial charge < -0.3 is 9.47 Å². The number of aliphatic imine (C=N–C) groups is 1. The van der Waals surface area contributed by atoms with Crippen LogP contribution in [-0.2, 0) is 9.53 Å². The van der Waals surface area contributed by atoms with Gasteiger partial charge in [-0.15, -0.1) is 0 Å². The number of cyclic esters (lactones) is 1. The van der Waals surface area contributed by atoms with Crippen molar-refractivity contribution in [3.05, 3.63) is 69.8 Å². The predicted octanol–water partition coefficient (Wildman–Crippen LogP) is 4.58. The first-order valence-corrected chi connectivity index (χ1v) is 8.46. The first-order chi connectivity index (χ1) is 11.7. The van der Waals surface area contributed by atoms with Crippen molar-refractivity contribution in [1.82, 2.24) is 0 Å². The number of hydrogen-bond acceptors (Lipinski definition) is 4. The second-order valence-electron chi connectivity index (χ2n) is 5.26. The zero-order chi connectivity index (χ0) is 16.9. The van der Waals surface area contributed by atoms with Gasteiger partial charge in [-0.2, -0.15) is 0 Å². The molecule has 5 heteroatoms. The van der Waals surface area contributed by atoms with Crippen LogP contribution in [0.1, 0.15) is 24.5 Å². The van der Waals surface area contributed by atoms with Crippen molar-refractivity contribution >= 4 is 33.9 Å². The Balaban J connectivity index is 1.79. The molecule has 0 unspecified atom stereocenters. The standard InChI is InChI=1S/C19H16BrNO3/c1-2-11-23-16-9-3-13(4-10-16)12-17-19(22)24-18(21-17)14-5-7-15(20)8-6-14/h3-10,12H,2,11H2,1H3. The van der Waals surface area contributed by atoms with Crippen LogP contribution in [0.3, 0.4) is 0 Å². The lowest BCUT2D eigenvalue weighted by Gasteiger charge is -2.04. The van der Waals surface area contributed by atoms with Gasteiger partial charge in [0, 0.05) is 10.0 Å². The Labute approximate surface area is 148 Å². The summed E-state index contributed by atoms with van der Waals surface area (Å²) in [6.45, 7) is 2.75. The molecule has 0 aromatic heterocycles. The molecule has 0 amide bonds. The topological polar surface area (TPSA) is 47.9 Å². The quantitative estimate of drug-likeness (QED) is 0.558. The summed E-state index contributed by atoms with van der Waals surface area (Å²) < 4.78 is 11.7. The van der Waals surface area contributed by atoms with Gasteiger partial charge in [-0.3, -0.25) is 0 Å². The largest absolute Gasteiger partial charge is 0.494 e. The lowest BCUT2D eigenvalue weighted by atomic mass is 10.2. The molecule has 0 atom stereocenters. The third-order valence-corrected chi connectivity index (χ3v) is 3.90. The van der Waals surface area contributed by atoms with Gasteiger partial charge in [0.25, 0.3) is 0 Å². The maximum absolute atomic E-state index is 12.0. The summed E-state index contributed by atoms with van der Waals surface area (Å²) in [5.41, 5.74) is 1.92. The fourth-order valence-corrected chi connectivity index (χ4v) is 2.43. The van der Waals surface area contributed by atoms with Crippen molar-refractivity contribution in [2.24, 2.45) is 4.99 Å². The Morgan fingerprint density at radius 3 is 2.50 bits per heavy atom. The molecule has 24 heavy (non-hydrogen) atoms. The first kappa shape index (κ1) is 16.5. The van der Waals surface area contributed by atoms with Crippen LogP contribution in [0.15, 0.2) is 63.7 Å². The van der Waals surface area contributed by atoms with E-state index in [0.717, 1.165) is 27.8 Å². The Kier molecular flexibility index (Phi) is 5.11. The number of benzene rings is 2. The highest BCUT2D eigenvalue weighted by molar-refractivity contribution is 9.10. The summed E-state index contributed by atoms with van der Waals surface area (Å²) in [6, 6.07) is 15.0. The summed E-state index contributed by atoms with van der Waals surface area (Å²) in [5.74, 6) is 0.688. The number of carbonyl (C=O) groups is 1. The average Bonchev–Trinajstić information content (AvgIpc) is 2.95. The molecule has 1 aliphatic heterocycles. The van der Waals surface area contributed by atoms with Gasteiger partial charge >= 0.3 is 5.97 Å². The second-order valence-corrected chi connectivity index (χ2v) is 6.18. The van der Waals surface area contributed by atoms with Crippen LogP contribution >= 0.6 is 15.9 Å². The average molecular weight is 386 g/mol. The van der Waals surface area contributed by atoms with Gasteiger partial charge in [-0.05, 0) is 54.5 Å². The van der Waals surface area contributed by atoms with E-state index < -0.39 is 5.97 Å². The fraction of sp³-hybridized carbons (Fsp3) is 0.158. The van der Waals surface area contributed by atoms with Crippen LogP contribution in [0, 0.1) is 0 Å². The molecule has 0 aliphatic carbocycles. The molecule has 1 aliphatic rings. The molecule has 0 bridgehead atoms. The lowest BCUT2D eigenvalue weighted by molar-refractivity contribution is -0.129. The van der Waals surface area contributed by atoms with Gasteiger partial charge in [-0.25, -0.2) is 9.79 Å². The third kappa shape index (κ3) is 3.92. The molecular weight excluding hydrogens is 370 g/mol. The van der Waals surface area contributed by atoms with Crippen molar-refractivity contribution in [1.29, 1.82) is 0 Å². The summed E-state index contributed by atoms with van der Waals surface area (Å²) in [5, 5.41) is 0. The molecule has 2 aromatic carbocycles. The van der Waals surface area contributed by atoms with Crippen molar-refractivity contribution in [2.45, 2.75) is 13.3 Å². The minimum absolute atomic E-state index is 0.287. The van der Waals surface area contributed by atoms with Crippen LogP contribution < -0.4 is 4.74 Å². The number of hydrogen-bond donors (Lipinski definition) is 0. The van der Waals surface area contributed by atoms with E-state index in [0.29, 0.717) is 12.5 Å². The molecule has 0 fully saturated rings. The normalized spacial score (nSPS) is 15.3. The monoisotopic (exact) mass is 385 g/mol. The van der Waals surface area contributed by atoms with Crippen LogP contribution in [-0.4, -0.2) is 18.5 Å². The molecule has 1 heterocycles. The molecule has 0 saturated carbocycles. The number of esters is 1. The lowest BCUT2D eigenvalue weighted by Crippen LogP contribution is -2.05. The number of ether oxygens (including phenoxy) is 2. The number of rotatable bonds is 5. The molecule has 4 nitrogen and oxygen atoms in total. The molecule has 122 valence electrons. The van der Waals surface area contributed by atoms with Crippen molar-refractivity contribution < 1.29 is 14.3 Å². The van der Waals surface area contributed by atoms with Gasteiger partial charge in [0.15, 0.2) is 5.70 Å². The Hall–Kier alpha value is -2.40. The van der Waals surface area contributed by atoms with Crippen LogP contribution in [0.2, 0.25) is 0 Å². The van der Waals surface area contributed by atoms with E-state index in [-0.39, 0.29) is 5.70 Å². The summed E-state index contributed by atoms with van der Waals surface area (Å²) >= 11 is 3.37. The van der Waals surface area contributed by atoms with E-state index in [9.17, 15) is 4.79 Å². The van der Waals surface area contributed by atoms with Gasteiger partial charge in [0.1, 0.15) is 5.75 Å². The number of nitrogens with zero attached hydrogens (tertiary/aromatic N) is 1. The third-order valence-electron chi connectivity index (χ3n) is 3.37. The minimum Gasteiger partial charge on any atom is -0.494 e. The Morgan fingerprint density at radius 2 is 1.83 bits per heavy atom. The van der Waals surface area contributed by atoms with E-state index >= 15 is 0 Å². The van der Waals surface area contributed by atoms with Crippen molar-refractivity contribution in [2.75, 3.05) is 6.61 Å². The van der Waals surface area contributed by atoms with Crippen LogP contribution in [0.4, 0.5) is 0 Å². The summed E-state index contributed by atoms with van der Waals surface area (Å²) in [7, 11) is 0. The van der Waals surface area contributed by atoms with Gasteiger partial charge in [0.05, 0.1) is 6.61 Å². The SMILES string of the molecule is CCCOc1ccc(C=C2N=C(c3ccc(Br)cc3)OC2=O)cc1. The van der Waals surface area contributed by atoms with Gasteiger partial charge in [0.2, 0.25) is 5.90 Å². The van der Waals surface area contributed by atoms with E-state index in [1.165, 1.54) is 0 Å². The zero-order valence-corrected chi connectivity index (χ0v) is 14.7. The highest BCUT2D eigenvalue weighted by atomic mass is 79.9. The fourth-order valence-electron chi connectivity index (χ4n) is 2.16. The summed E-state index contributed by atoms with van der Waals surface area (Å²) in [6.07, 6.45) is 2.67. The Bertz CT molecular complexity index is 792. The van der Waals surface area contributed by atoms with E-state index in [1.807, 2.05) is 48.5 Å². The maximum Gasteiger partial charge on any atom is 0.363 e. The highest BCUT2D eigenvalue weighted by Gasteiger charge is 2.23. The minimum atomic E-state index is -0.445. The van der Waals surface area contributed by atoms with E-state index in [4.69, 9.17) is 9.47 Å². The molecule has 0 saturated heterocycles. The smallest absolute Gasteiger partial charge is 0.363 e. The van der Waals surface area contributed by atoms with E-state index in [1.54, 1.807) is 6.08 Å². The number of halogens is 1. The maximum atomic E-state index is 12.0. The molecule has 0 radical (unpaired) electrons. The molecule has 0 spiro atoms. The summed E-state index contributed by atoms with van der Waals surface area (Å²) in [4.78, 5) is 16.3. The van der Waals surface area contributed by atoms with Crippen molar-refractivity contribution in [3.63, 3.8) is 0 Å². The molecule has 3 rings (SSSR count). The van der Waals surface area contributed by atoms with Gasteiger partial charge in [-0.1, -0.05) is 35.0 Å². The second kappa shape index (κ2) is 7.45. The molecular formula is C19H16BrNO3. The number of carbonyl (C=O) groups excluding carboxylic acids is 1. The first-order valence-electron chi connectivity index (χ1n) is 7.67. The van der Waals surface area contributed by atoms with Crippen LogP contribution in [0.5, 0.6) is 5.75 Å². The van der Waals surface area contributed by atoms with E-state index in [2.05, 4.69) is 27.8 Å². The molecule has 0 N–H and O–H groups in total. The Morgan fingerprint density at radius 1 is 1.12 bits per heavy atom. The zero-order valence-electron chi connectivity index (χ0n) is 13.2. The van der Waals surface area contributed by atoms with Crippen LogP contribution in [0.25, 0.3) is 6.08 Å². The predicted molar refractivity (Wildman–Crippen MR) is 97.0 cm³/mol. The highest BCUT2D eigenvalue weighted by Crippen LogP contribution is 2.21. The molecule has 2 aromatic rings. The van der Waals surface area contributed by atoms with Crippen molar-refractivity contribution in [3.8, 4) is 5.75 Å².